The number of halogens is 1. The Bertz CT molecular complexity index is 911. The van der Waals surface area contributed by atoms with E-state index in [9.17, 15) is 18.8 Å². The van der Waals surface area contributed by atoms with Gasteiger partial charge in [-0.05, 0) is 44.2 Å². The maximum Gasteiger partial charge on any atom is 0.270 e. The number of hydrogen-bond donors (Lipinski definition) is 0. The predicted octanol–water partition coefficient (Wildman–Crippen LogP) is 2.86. The van der Waals surface area contributed by atoms with Gasteiger partial charge in [0.05, 0.1) is 18.7 Å². The van der Waals surface area contributed by atoms with Crippen LogP contribution in [0.15, 0.2) is 42.5 Å². The number of ketones is 1. The molecule has 1 atom stereocenters. The van der Waals surface area contributed by atoms with Crippen molar-refractivity contribution in [3.8, 4) is 11.5 Å². The van der Waals surface area contributed by atoms with Gasteiger partial charge in [0.1, 0.15) is 5.75 Å². The highest BCUT2D eigenvalue weighted by Crippen LogP contribution is 2.26. The van der Waals surface area contributed by atoms with Crippen molar-refractivity contribution in [3.05, 3.63) is 59.4 Å². The zero-order valence-corrected chi connectivity index (χ0v) is 14.9. The minimum atomic E-state index is -0.928. The molecule has 0 saturated heterocycles. The van der Waals surface area contributed by atoms with Crippen LogP contribution in [0.25, 0.3) is 0 Å². The molecule has 140 valence electrons. The lowest BCUT2D eigenvalue weighted by Crippen LogP contribution is -2.44. The van der Waals surface area contributed by atoms with Gasteiger partial charge < -0.3 is 9.47 Å². The highest BCUT2D eigenvalue weighted by molar-refractivity contribution is 6.12. The number of amides is 2. The summed E-state index contributed by atoms with van der Waals surface area (Å²) in [7, 11) is 0. The summed E-state index contributed by atoms with van der Waals surface area (Å²) in [4.78, 5) is 38.7. The van der Waals surface area contributed by atoms with Crippen molar-refractivity contribution in [2.45, 2.75) is 20.0 Å². The lowest BCUT2D eigenvalue weighted by molar-refractivity contribution is -0.134. The fourth-order valence-electron chi connectivity index (χ4n) is 2.78. The zero-order chi connectivity index (χ0) is 19.6. The molecule has 6 nitrogen and oxygen atoms in total. The van der Waals surface area contributed by atoms with Crippen molar-refractivity contribution >= 4 is 17.6 Å². The molecular formula is C20H18FNO5. The van der Waals surface area contributed by atoms with Crippen LogP contribution in [0.1, 0.15) is 34.6 Å². The van der Waals surface area contributed by atoms with Gasteiger partial charge >= 0.3 is 0 Å². The van der Waals surface area contributed by atoms with Crippen LogP contribution in [0.2, 0.25) is 0 Å². The van der Waals surface area contributed by atoms with Crippen LogP contribution >= 0.6 is 0 Å². The molecule has 0 unspecified atom stereocenters. The first-order valence-electron chi connectivity index (χ1n) is 8.49. The molecule has 1 aliphatic heterocycles. The van der Waals surface area contributed by atoms with Crippen molar-refractivity contribution in [2.24, 2.45) is 0 Å². The Morgan fingerprint density at radius 1 is 1.22 bits per heavy atom. The lowest BCUT2D eigenvalue weighted by Gasteiger charge is -2.19. The molecule has 27 heavy (non-hydrogen) atoms. The van der Waals surface area contributed by atoms with E-state index >= 15 is 0 Å². The quantitative estimate of drug-likeness (QED) is 0.597. The standard InChI is InChI=1S/C20H18FNO5/c1-3-26-18-9-8-13(10-15(18)21)16(23)11-22-19(24)12(2)27-17-7-5-4-6-14(17)20(22)25/h4-10,12H,3,11H2,1-2H3/t12-/m0/s1. The number of para-hydroxylation sites is 1. The van der Waals surface area contributed by atoms with E-state index in [0.29, 0.717) is 0 Å². The predicted molar refractivity (Wildman–Crippen MR) is 94.5 cm³/mol. The molecule has 1 aliphatic rings. The number of Topliss-reactive ketones (excluding diaryl/α,β-unsaturated/α-hetero) is 1. The van der Waals surface area contributed by atoms with Crippen molar-refractivity contribution in [2.75, 3.05) is 13.2 Å². The van der Waals surface area contributed by atoms with Crippen LogP contribution in [-0.4, -0.2) is 41.8 Å². The third-order valence-electron chi connectivity index (χ3n) is 4.14. The Hall–Kier alpha value is -3.22. The molecule has 0 spiro atoms. The summed E-state index contributed by atoms with van der Waals surface area (Å²) < 4.78 is 24.6. The van der Waals surface area contributed by atoms with Crippen LogP contribution < -0.4 is 9.47 Å². The van der Waals surface area contributed by atoms with E-state index in [1.807, 2.05) is 0 Å². The third kappa shape index (κ3) is 3.67. The summed E-state index contributed by atoms with van der Waals surface area (Å²) in [6.07, 6.45) is -0.928. The van der Waals surface area contributed by atoms with Gasteiger partial charge in [0.25, 0.3) is 11.8 Å². The number of hydrogen-bond acceptors (Lipinski definition) is 5. The number of carbonyl (C=O) groups is 3. The van der Waals surface area contributed by atoms with Crippen molar-refractivity contribution < 1.29 is 28.2 Å². The fraction of sp³-hybridized carbons (Fsp3) is 0.250. The smallest absolute Gasteiger partial charge is 0.270 e. The van der Waals surface area contributed by atoms with E-state index in [1.165, 1.54) is 25.1 Å². The van der Waals surface area contributed by atoms with Crippen molar-refractivity contribution in [3.63, 3.8) is 0 Å². The monoisotopic (exact) mass is 371 g/mol. The van der Waals surface area contributed by atoms with E-state index in [2.05, 4.69) is 0 Å². The molecule has 0 fully saturated rings. The van der Waals surface area contributed by atoms with Crippen LogP contribution in [0.3, 0.4) is 0 Å². The van der Waals surface area contributed by atoms with Gasteiger partial charge in [-0.15, -0.1) is 0 Å². The summed E-state index contributed by atoms with van der Waals surface area (Å²) in [6, 6.07) is 10.2. The van der Waals surface area contributed by atoms with Crippen molar-refractivity contribution in [1.82, 2.24) is 4.90 Å². The van der Waals surface area contributed by atoms with Crippen molar-refractivity contribution in [1.29, 1.82) is 0 Å². The molecular weight excluding hydrogens is 353 g/mol. The Kier molecular flexibility index (Phi) is 5.21. The number of benzene rings is 2. The molecule has 0 aromatic heterocycles. The van der Waals surface area contributed by atoms with Gasteiger partial charge in [0.15, 0.2) is 23.5 Å². The molecule has 2 amide bonds. The van der Waals surface area contributed by atoms with Gasteiger partial charge in [0.2, 0.25) is 0 Å². The maximum absolute atomic E-state index is 14.0. The maximum atomic E-state index is 14.0. The van der Waals surface area contributed by atoms with Crippen LogP contribution in [0, 0.1) is 5.82 Å². The van der Waals surface area contributed by atoms with E-state index in [-0.39, 0.29) is 29.2 Å². The second-order valence-electron chi connectivity index (χ2n) is 5.99. The summed E-state index contributed by atoms with van der Waals surface area (Å²) in [5.41, 5.74) is 0.239. The molecule has 0 bridgehead atoms. The molecule has 3 rings (SSSR count). The largest absolute Gasteiger partial charge is 0.491 e. The average molecular weight is 371 g/mol. The number of fused-ring (bicyclic) bond motifs is 1. The highest BCUT2D eigenvalue weighted by Gasteiger charge is 2.35. The second kappa shape index (κ2) is 7.57. The number of imide groups is 1. The topological polar surface area (TPSA) is 72.9 Å². The summed E-state index contributed by atoms with van der Waals surface area (Å²) >= 11 is 0. The molecule has 0 radical (unpaired) electrons. The number of nitrogens with zero attached hydrogens (tertiary/aromatic N) is 1. The molecule has 0 saturated carbocycles. The van der Waals surface area contributed by atoms with E-state index in [1.54, 1.807) is 25.1 Å². The molecule has 0 aliphatic carbocycles. The van der Waals surface area contributed by atoms with Crippen LogP contribution in [0.4, 0.5) is 4.39 Å². The summed E-state index contributed by atoms with van der Waals surface area (Å²) in [5, 5.41) is 0. The first kappa shape index (κ1) is 18.6. The van der Waals surface area contributed by atoms with Gasteiger partial charge in [-0.3, -0.25) is 19.3 Å². The van der Waals surface area contributed by atoms with E-state index < -0.39 is 36.1 Å². The molecule has 2 aromatic carbocycles. The van der Waals surface area contributed by atoms with Gasteiger partial charge in [0, 0.05) is 5.56 Å². The Morgan fingerprint density at radius 2 is 1.96 bits per heavy atom. The van der Waals surface area contributed by atoms with Crippen LogP contribution in [-0.2, 0) is 4.79 Å². The van der Waals surface area contributed by atoms with Gasteiger partial charge in [-0.2, -0.15) is 0 Å². The minimum absolute atomic E-state index is 0.0342. The zero-order valence-electron chi connectivity index (χ0n) is 14.9. The van der Waals surface area contributed by atoms with E-state index in [4.69, 9.17) is 9.47 Å². The SMILES string of the molecule is CCOc1ccc(C(=O)CN2C(=O)c3ccccc3O[C@@H](C)C2=O)cc1F. The molecule has 7 heteroatoms. The Labute approximate surface area is 155 Å². The summed E-state index contributed by atoms with van der Waals surface area (Å²) in [5.74, 6) is -2.18. The molecule has 2 aromatic rings. The minimum Gasteiger partial charge on any atom is -0.491 e. The van der Waals surface area contributed by atoms with Crippen LogP contribution in [0.5, 0.6) is 11.5 Å². The fourth-order valence-corrected chi connectivity index (χ4v) is 2.78. The number of carbonyl (C=O) groups excluding carboxylic acids is 3. The normalized spacial score (nSPS) is 16.4. The first-order valence-corrected chi connectivity index (χ1v) is 8.49. The second-order valence-corrected chi connectivity index (χ2v) is 5.99. The third-order valence-corrected chi connectivity index (χ3v) is 4.14. The molecule has 0 N–H and O–H groups in total. The first-order chi connectivity index (χ1) is 12.9. The number of rotatable bonds is 5. The highest BCUT2D eigenvalue weighted by atomic mass is 19.1. The average Bonchev–Trinajstić information content (AvgIpc) is 2.74. The van der Waals surface area contributed by atoms with E-state index in [0.717, 1.165) is 11.0 Å². The lowest BCUT2D eigenvalue weighted by atomic mass is 10.1. The Balaban J connectivity index is 1.87. The van der Waals surface area contributed by atoms with Gasteiger partial charge in [-0.1, -0.05) is 12.1 Å². The van der Waals surface area contributed by atoms with Gasteiger partial charge in [-0.25, -0.2) is 4.39 Å². The number of ether oxygens (including phenoxy) is 2. The molecule has 1 heterocycles. The Morgan fingerprint density at radius 3 is 2.67 bits per heavy atom. The summed E-state index contributed by atoms with van der Waals surface area (Å²) in [6.45, 7) is 3.01.